The van der Waals surface area contributed by atoms with Gasteiger partial charge in [-0.3, -0.25) is 13.8 Å². The van der Waals surface area contributed by atoms with Gasteiger partial charge in [-0.1, -0.05) is 0 Å². The zero-order valence-corrected chi connectivity index (χ0v) is 9.01. The number of imidazole rings is 1. The first-order valence-electron chi connectivity index (χ1n) is 4.99. The third kappa shape index (κ3) is 1.02. The van der Waals surface area contributed by atoms with Crippen molar-refractivity contribution in [1.29, 1.82) is 0 Å². The van der Waals surface area contributed by atoms with Gasteiger partial charge >= 0.3 is 0 Å². The van der Waals surface area contributed by atoms with E-state index >= 15 is 0 Å². The molecule has 0 fully saturated rings. The molecule has 3 rings (SSSR count). The van der Waals surface area contributed by atoms with Gasteiger partial charge in [0.15, 0.2) is 11.3 Å². The molecular formula is C11H10N4O. The highest BCUT2D eigenvalue weighted by atomic mass is 16.1. The molecule has 0 atom stereocenters. The van der Waals surface area contributed by atoms with Gasteiger partial charge in [0.2, 0.25) is 5.91 Å². The molecule has 0 amide bonds. The number of aryl methyl sites for hydroxylation is 1. The summed E-state index contributed by atoms with van der Waals surface area (Å²) in [5, 5.41) is 0. The van der Waals surface area contributed by atoms with E-state index in [0.717, 1.165) is 16.9 Å². The number of hydrogen-bond acceptors (Lipinski definition) is 3. The Labute approximate surface area is 91.3 Å². The Kier molecular flexibility index (Phi) is 1.65. The minimum atomic E-state index is -0.0420. The molecule has 0 saturated carbocycles. The van der Waals surface area contributed by atoms with Crippen LogP contribution in [0.15, 0.2) is 24.7 Å². The van der Waals surface area contributed by atoms with Crippen molar-refractivity contribution >= 4 is 22.7 Å². The van der Waals surface area contributed by atoms with Gasteiger partial charge in [0, 0.05) is 25.0 Å². The molecule has 0 aliphatic rings. The summed E-state index contributed by atoms with van der Waals surface area (Å²) in [6.45, 7) is 3.50. The van der Waals surface area contributed by atoms with Gasteiger partial charge < -0.3 is 0 Å². The zero-order valence-electron chi connectivity index (χ0n) is 9.01. The first-order valence-corrected chi connectivity index (χ1v) is 4.99. The molecular weight excluding hydrogens is 204 g/mol. The van der Waals surface area contributed by atoms with Crippen molar-refractivity contribution in [2.45, 2.75) is 13.8 Å². The molecule has 3 aromatic rings. The number of fused-ring (bicyclic) bond motifs is 3. The molecule has 0 saturated heterocycles. The van der Waals surface area contributed by atoms with Crippen molar-refractivity contribution in [3.05, 3.63) is 30.4 Å². The highest BCUT2D eigenvalue weighted by molar-refractivity contribution is 5.88. The molecule has 0 radical (unpaired) electrons. The minimum Gasteiger partial charge on any atom is -0.292 e. The second-order valence-electron chi connectivity index (χ2n) is 3.76. The summed E-state index contributed by atoms with van der Waals surface area (Å²) in [7, 11) is 0. The summed E-state index contributed by atoms with van der Waals surface area (Å²) in [6.07, 6.45) is 5.20. The van der Waals surface area contributed by atoms with Gasteiger partial charge in [-0.05, 0) is 13.0 Å². The molecule has 0 aromatic carbocycles. The van der Waals surface area contributed by atoms with E-state index in [4.69, 9.17) is 0 Å². The Morgan fingerprint density at radius 1 is 1.31 bits per heavy atom. The number of carbonyl (C=O) groups excluding carboxylic acids is 1. The van der Waals surface area contributed by atoms with E-state index in [9.17, 15) is 4.79 Å². The summed E-state index contributed by atoms with van der Waals surface area (Å²) >= 11 is 0. The van der Waals surface area contributed by atoms with E-state index in [1.807, 2.05) is 17.4 Å². The lowest BCUT2D eigenvalue weighted by molar-refractivity contribution is 0.0941. The topological polar surface area (TPSA) is 52.2 Å². The number of nitrogens with zero attached hydrogens (tertiary/aromatic N) is 4. The predicted octanol–water partition coefficient (Wildman–Crippen LogP) is 1.65. The van der Waals surface area contributed by atoms with Crippen LogP contribution < -0.4 is 0 Å². The van der Waals surface area contributed by atoms with E-state index < -0.39 is 0 Å². The summed E-state index contributed by atoms with van der Waals surface area (Å²) in [6, 6.07) is 1.88. The first-order chi connectivity index (χ1) is 7.68. The fraction of sp³-hybridized carbons (Fsp3) is 0.182. The lowest BCUT2D eigenvalue weighted by Gasteiger charge is -2.01. The van der Waals surface area contributed by atoms with Crippen LogP contribution in [0.4, 0.5) is 0 Å². The van der Waals surface area contributed by atoms with Gasteiger partial charge in [0.05, 0.1) is 11.7 Å². The molecule has 0 aliphatic carbocycles. The van der Waals surface area contributed by atoms with Crippen molar-refractivity contribution in [3.8, 4) is 0 Å². The fourth-order valence-corrected chi connectivity index (χ4v) is 1.95. The quantitative estimate of drug-likeness (QED) is 0.571. The van der Waals surface area contributed by atoms with Crippen LogP contribution in [0.2, 0.25) is 0 Å². The van der Waals surface area contributed by atoms with E-state index in [-0.39, 0.29) is 5.91 Å². The Hall–Kier alpha value is -2.17. The maximum Gasteiger partial charge on any atom is 0.229 e. The third-order valence-electron chi connectivity index (χ3n) is 2.69. The number of hydrogen-bond donors (Lipinski definition) is 0. The Morgan fingerprint density at radius 3 is 2.88 bits per heavy atom. The van der Waals surface area contributed by atoms with Gasteiger partial charge in [-0.25, -0.2) is 9.97 Å². The zero-order chi connectivity index (χ0) is 11.3. The number of aromatic nitrogens is 4. The van der Waals surface area contributed by atoms with Gasteiger partial charge in [0.25, 0.3) is 0 Å². The van der Waals surface area contributed by atoms with Crippen LogP contribution in [0.25, 0.3) is 16.8 Å². The fourth-order valence-electron chi connectivity index (χ4n) is 1.95. The maximum absolute atomic E-state index is 11.4. The molecule has 5 nitrogen and oxygen atoms in total. The first kappa shape index (κ1) is 9.08. The second-order valence-corrected chi connectivity index (χ2v) is 3.76. The molecule has 0 spiro atoms. The molecule has 3 heterocycles. The molecule has 0 unspecified atom stereocenters. The van der Waals surface area contributed by atoms with Crippen molar-refractivity contribution in [3.63, 3.8) is 0 Å². The Balaban J connectivity index is 2.53. The summed E-state index contributed by atoms with van der Waals surface area (Å²) < 4.78 is 3.52. The molecule has 16 heavy (non-hydrogen) atoms. The van der Waals surface area contributed by atoms with Crippen LogP contribution in [-0.4, -0.2) is 24.8 Å². The number of carbonyl (C=O) groups is 1. The molecule has 5 heteroatoms. The number of rotatable bonds is 0. The smallest absolute Gasteiger partial charge is 0.229 e. The third-order valence-corrected chi connectivity index (χ3v) is 2.69. The van der Waals surface area contributed by atoms with E-state index in [0.29, 0.717) is 5.65 Å². The van der Waals surface area contributed by atoms with Crippen LogP contribution in [-0.2, 0) is 0 Å². The van der Waals surface area contributed by atoms with Crippen LogP contribution in [0.1, 0.15) is 17.4 Å². The van der Waals surface area contributed by atoms with Crippen molar-refractivity contribution < 1.29 is 4.79 Å². The van der Waals surface area contributed by atoms with Crippen molar-refractivity contribution in [1.82, 2.24) is 18.9 Å². The monoisotopic (exact) mass is 214 g/mol. The summed E-state index contributed by atoms with van der Waals surface area (Å²) in [4.78, 5) is 19.9. The average Bonchev–Trinajstić information content (AvgIpc) is 2.81. The SMILES string of the molecule is CC(=O)n1ccc2c1ncc1ncc(C)n12. The Morgan fingerprint density at radius 2 is 2.12 bits per heavy atom. The van der Waals surface area contributed by atoms with E-state index in [1.54, 1.807) is 18.6 Å². The van der Waals surface area contributed by atoms with Crippen LogP contribution in [0, 0.1) is 6.92 Å². The Bertz CT molecular complexity index is 707. The lowest BCUT2D eigenvalue weighted by Crippen LogP contribution is -2.05. The van der Waals surface area contributed by atoms with E-state index in [1.165, 1.54) is 11.5 Å². The largest absolute Gasteiger partial charge is 0.292 e. The molecule has 0 N–H and O–H groups in total. The summed E-state index contributed by atoms with van der Waals surface area (Å²) in [5.41, 5.74) is 3.40. The predicted molar refractivity (Wildman–Crippen MR) is 59.5 cm³/mol. The molecule has 0 bridgehead atoms. The van der Waals surface area contributed by atoms with Crippen LogP contribution in [0.5, 0.6) is 0 Å². The van der Waals surface area contributed by atoms with Gasteiger partial charge in [0.1, 0.15) is 0 Å². The van der Waals surface area contributed by atoms with Crippen LogP contribution in [0.3, 0.4) is 0 Å². The summed E-state index contributed by atoms with van der Waals surface area (Å²) in [5.74, 6) is -0.0420. The molecule has 80 valence electrons. The highest BCUT2D eigenvalue weighted by Gasteiger charge is 2.10. The van der Waals surface area contributed by atoms with Crippen molar-refractivity contribution in [2.24, 2.45) is 0 Å². The average molecular weight is 214 g/mol. The van der Waals surface area contributed by atoms with Crippen LogP contribution >= 0.6 is 0 Å². The molecule has 3 aromatic heterocycles. The van der Waals surface area contributed by atoms with Gasteiger partial charge in [-0.2, -0.15) is 0 Å². The standard InChI is InChI=1S/C11H10N4O/c1-7-5-12-10-6-13-11-9(15(7)10)3-4-14(11)8(2)16/h3-6H,1-2H3. The lowest BCUT2D eigenvalue weighted by atomic mass is 10.4. The second kappa shape index (κ2) is 2.91. The normalized spacial score (nSPS) is 11.4. The van der Waals surface area contributed by atoms with Crippen molar-refractivity contribution in [2.75, 3.05) is 0 Å². The maximum atomic E-state index is 11.4. The highest BCUT2D eigenvalue weighted by Crippen LogP contribution is 2.17. The molecule has 0 aliphatic heterocycles. The minimum absolute atomic E-state index is 0.0420. The van der Waals surface area contributed by atoms with Gasteiger partial charge in [-0.15, -0.1) is 0 Å². The van der Waals surface area contributed by atoms with E-state index in [2.05, 4.69) is 9.97 Å².